The number of carbonyl (C=O) groups excluding carboxylic acids is 2. The third-order valence-electron chi connectivity index (χ3n) is 3.00. The summed E-state index contributed by atoms with van der Waals surface area (Å²) in [6.07, 6.45) is -0.219. The van der Waals surface area contributed by atoms with Crippen LogP contribution < -0.4 is 18.9 Å². The standard InChI is InChI=1S/C20H22O6/c1-13(2)23-15-9-5-7-11-17(15)25-19(21)20(22)26-18-12-8-6-10-16(18)24-14(3)4/h5-14H,1-4H3. The van der Waals surface area contributed by atoms with Crippen molar-refractivity contribution in [2.75, 3.05) is 0 Å². The molecule has 0 aliphatic rings. The Morgan fingerprint density at radius 3 is 1.23 bits per heavy atom. The second-order valence-corrected chi connectivity index (χ2v) is 6.01. The Balaban J connectivity index is 2.09. The van der Waals surface area contributed by atoms with Crippen molar-refractivity contribution in [2.24, 2.45) is 0 Å². The Kier molecular flexibility index (Phi) is 6.60. The average Bonchev–Trinajstić information content (AvgIpc) is 2.57. The van der Waals surface area contributed by atoms with Crippen LogP contribution in [0.15, 0.2) is 48.5 Å². The van der Waals surface area contributed by atoms with E-state index in [2.05, 4.69) is 0 Å². The highest BCUT2D eigenvalue weighted by molar-refractivity contribution is 6.31. The number of carbonyl (C=O) groups is 2. The normalized spacial score (nSPS) is 10.5. The van der Waals surface area contributed by atoms with Gasteiger partial charge in [-0.25, -0.2) is 9.59 Å². The third-order valence-corrected chi connectivity index (χ3v) is 3.00. The van der Waals surface area contributed by atoms with E-state index < -0.39 is 11.9 Å². The Hall–Kier alpha value is -3.02. The summed E-state index contributed by atoms with van der Waals surface area (Å²) in [7, 11) is 0. The van der Waals surface area contributed by atoms with E-state index in [1.807, 2.05) is 27.7 Å². The molecule has 138 valence electrons. The second-order valence-electron chi connectivity index (χ2n) is 6.01. The Bertz CT molecular complexity index is 701. The zero-order chi connectivity index (χ0) is 19.1. The lowest BCUT2D eigenvalue weighted by atomic mass is 10.3. The van der Waals surface area contributed by atoms with Gasteiger partial charge in [0.1, 0.15) is 0 Å². The van der Waals surface area contributed by atoms with Crippen molar-refractivity contribution < 1.29 is 28.5 Å². The van der Waals surface area contributed by atoms with Crippen molar-refractivity contribution in [3.8, 4) is 23.0 Å². The van der Waals surface area contributed by atoms with Crippen LogP contribution in [-0.2, 0) is 9.59 Å². The molecule has 0 radical (unpaired) electrons. The fourth-order valence-electron chi connectivity index (χ4n) is 2.05. The van der Waals surface area contributed by atoms with Crippen LogP contribution in [0.5, 0.6) is 23.0 Å². The summed E-state index contributed by atoms with van der Waals surface area (Å²) >= 11 is 0. The highest BCUT2D eigenvalue weighted by Gasteiger charge is 2.23. The lowest BCUT2D eigenvalue weighted by Gasteiger charge is -2.15. The van der Waals surface area contributed by atoms with Crippen molar-refractivity contribution in [2.45, 2.75) is 39.9 Å². The number of rotatable bonds is 6. The van der Waals surface area contributed by atoms with Gasteiger partial charge in [0.05, 0.1) is 12.2 Å². The van der Waals surface area contributed by atoms with Crippen molar-refractivity contribution in [1.82, 2.24) is 0 Å². The molecule has 0 spiro atoms. The first-order chi connectivity index (χ1) is 12.4. The Morgan fingerprint density at radius 2 is 0.923 bits per heavy atom. The molecule has 0 aromatic heterocycles. The molecule has 2 rings (SSSR count). The molecule has 6 nitrogen and oxygen atoms in total. The van der Waals surface area contributed by atoms with Gasteiger partial charge in [0.15, 0.2) is 23.0 Å². The Morgan fingerprint density at radius 1 is 0.615 bits per heavy atom. The molecule has 0 N–H and O–H groups in total. The summed E-state index contributed by atoms with van der Waals surface area (Å²) in [5, 5.41) is 0. The van der Waals surface area contributed by atoms with Crippen LogP contribution in [0.1, 0.15) is 27.7 Å². The van der Waals surface area contributed by atoms with Gasteiger partial charge in [-0.15, -0.1) is 0 Å². The van der Waals surface area contributed by atoms with Gasteiger partial charge >= 0.3 is 11.9 Å². The van der Waals surface area contributed by atoms with Gasteiger partial charge in [-0.1, -0.05) is 24.3 Å². The minimum Gasteiger partial charge on any atom is -0.487 e. The molecule has 2 aromatic rings. The van der Waals surface area contributed by atoms with E-state index >= 15 is 0 Å². The molecule has 26 heavy (non-hydrogen) atoms. The van der Waals surface area contributed by atoms with E-state index in [9.17, 15) is 9.59 Å². The molecule has 0 amide bonds. The van der Waals surface area contributed by atoms with E-state index in [4.69, 9.17) is 18.9 Å². The van der Waals surface area contributed by atoms with E-state index in [1.165, 1.54) is 0 Å². The fourth-order valence-corrected chi connectivity index (χ4v) is 2.05. The summed E-state index contributed by atoms with van der Waals surface area (Å²) in [4.78, 5) is 24.2. The van der Waals surface area contributed by atoms with Gasteiger partial charge in [-0.05, 0) is 52.0 Å². The lowest BCUT2D eigenvalue weighted by Crippen LogP contribution is -2.26. The zero-order valence-electron chi connectivity index (χ0n) is 15.2. The SMILES string of the molecule is CC(C)Oc1ccccc1OC(=O)C(=O)Oc1ccccc1OC(C)C. The van der Waals surface area contributed by atoms with Gasteiger partial charge in [-0.3, -0.25) is 0 Å². The molecule has 0 unspecified atom stereocenters. The topological polar surface area (TPSA) is 71.1 Å². The van der Waals surface area contributed by atoms with Gasteiger partial charge in [-0.2, -0.15) is 0 Å². The van der Waals surface area contributed by atoms with Gasteiger partial charge in [0.25, 0.3) is 0 Å². The first-order valence-corrected chi connectivity index (χ1v) is 8.32. The lowest BCUT2D eigenvalue weighted by molar-refractivity contribution is -0.156. The second kappa shape index (κ2) is 8.89. The molecular formula is C20H22O6. The molecule has 0 saturated carbocycles. The maximum Gasteiger partial charge on any atom is 0.423 e. The monoisotopic (exact) mass is 358 g/mol. The van der Waals surface area contributed by atoms with Crippen LogP contribution in [0, 0.1) is 0 Å². The van der Waals surface area contributed by atoms with Crippen molar-refractivity contribution in [3.63, 3.8) is 0 Å². The minimum absolute atomic E-state index is 0.109. The zero-order valence-corrected chi connectivity index (χ0v) is 15.2. The van der Waals surface area contributed by atoms with E-state index in [0.717, 1.165) is 0 Å². The number of benzene rings is 2. The minimum atomic E-state index is -1.15. The summed E-state index contributed by atoms with van der Waals surface area (Å²) in [5.41, 5.74) is 0. The van der Waals surface area contributed by atoms with Crippen LogP contribution >= 0.6 is 0 Å². The van der Waals surface area contributed by atoms with Crippen LogP contribution in [0.4, 0.5) is 0 Å². The van der Waals surface area contributed by atoms with Crippen LogP contribution in [0.3, 0.4) is 0 Å². The predicted octanol–water partition coefficient (Wildman–Crippen LogP) is 3.77. The smallest absolute Gasteiger partial charge is 0.423 e. The van der Waals surface area contributed by atoms with Crippen LogP contribution in [0.25, 0.3) is 0 Å². The first-order valence-electron chi connectivity index (χ1n) is 8.32. The van der Waals surface area contributed by atoms with E-state index in [0.29, 0.717) is 11.5 Å². The molecule has 0 aliphatic carbocycles. The molecule has 0 saturated heterocycles. The molecular weight excluding hydrogens is 336 g/mol. The molecule has 0 atom stereocenters. The number of hydrogen-bond donors (Lipinski definition) is 0. The van der Waals surface area contributed by atoms with Crippen molar-refractivity contribution >= 4 is 11.9 Å². The fraction of sp³-hybridized carbons (Fsp3) is 0.300. The molecule has 0 bridgehead atoms. The molecule has 0 fully saturated rings. The van der Waals surface area contributed by atoms with E-state index in [1.54, 1.807) is 48.5 Å². The largest absolute Gasteiger partial charge is 0.487 e. The molecule has 6 heteroatoms. The first kappa shape index (κ1) is 19.3. The quantitative estimate of drug-likeness (QED) is 0.445. The maximum atomic E-state index is 12.1. The average molecular weight is 358 g/mol. The summed E-state index contributed by atoms with van der Waals surface area (Å²) in [6.45, 7) is 7.38. The predicted molar refractivity (Wildman–Crippen MR) is 95.7 cm³/mol. The Labute approximate surface area is 152 Å². The van der Waals surface area contributed by atoms with Crippen molar-refractivity contribution in [1.29, 1.82) is 0 Å². The molecule has 2 aromatic carbocycles. The third kappa shape index (κ3) is 5.51. The number of hydrogen-bond acceptors (Lipinski definition) is 6. The van der Waals surface area contributed by atoms with Crippen molar-refractivity contribution in [3.05, 3.63) is 48.5 Å². The molecule has 0 aliphatic heterocycles. The summed E-state index contributed by atoms with van der Waals surface area (Å²) in [6, 6.07) is 13.2. The highest BCUT2D eigenvalue weighted by Crippen LogP contribution is 2.29. The van der Waals surface area contributed by atoms with Gasteiger partial charge in [0.2, 0.25) is 0 Å². The number of ether oxygens (including phenoxy) is 4. The molecule has 0 heterocycles. The van der Waals surface area contributed by atoms with Crippen LogP contribution in [-0.4, -0.2) is 24.1 Å². The van der Waals surface area contributed by atoms with E-state index in [-0.39, 0.29) is 23.7 Å². The maximum absolute atomic E-state index is 12.1. The number of para-hydroxylation sites is 4. The highest BCUT2D eigenvalue weighted by atomic mass is 16.6. The van der Waals surface area contributed by atoms with Gasteiger partial charge < -0.3 is 18.9 Å². The van der Waals surface area contributed by atoms with Crippen LogP contribution in [0.2, 0.25) is 0 Å². The summed E-state index contributed by atoms with van der Waals surface area (Å²) < 4.78 is 21.4. The van der Waals surface area contributed by atoms with Gasteiger partial charge in [0, 0.05) is 0 Å². The summed E-state index contributed by atoms with van der Waals surface area (Å²) in [5.74, 6) is -1.27. The number of esters is 2.